The van der Waals surface area contributed by atoms with Crippen LogP contribution in [0.1, 0.15) is 46.5 Å². The van der Waals surface area contributed by atoms with Crippen molar-refractivity contribution in [1.82, 2.24) is 4.90 Å². The second kappa shape index (κ2) is 6.08. The molecule has 0 aromatic carbocycles. The van der Waals surface area contributed by atoms with Gasteiger partial charge in [0, 0.05) is 13.6 Å². The molecule has 3 heteroatoms. The molecule has 0 saturated heterocycles. The van der Waals surface area contributed by atoms with Crippen molar-refractivity contribution in [2.45, 2.75) is 52.6 Å². The lowest BCUT2D eigenvalue weighted by atomic mass is 9.81. The van der Waals surface area contributed by atoms with Crippen LogP contribution in [0.25, 0.3) is 0 Å². The number of hydrogen-bond donors (Lipinski definition) is 0. The Morgan fingerprint density at radius 2 is 2.18 bits per heavy atom. The summed E-state index contributed by atoms with van der Waals surface area (Å²) in [5.41, 5.74) is 0.353. The van der Waals surface area contributed by atoms with E-state index in [2.05, 4.69) is 19.9 Å². The molecule has 0 bridgehead atoms. The van der Waals surface area contributed by atoms with E-state index in [0.717, 1.165) is 19.3 Å². The highest BCUT2D eigenvalue weighted by atomic mass is 16.6. The molecule has 0 saturated carbocycles. The number of rotatable bonds is 2. The molecule has 98 valence electrons. The third-order valence-corrected chi connectivity index (χ3v) is 3.48. The standard InChI is InChI=1S/C14H25NO2/c1-5-15(4)13(16)17-12-8-6-7-10-14(2,3)11-9-12/h6,8,12H,5,7,9-11H2,1-4H3/b8-6+/t12-/m1/s1. The number of allylic oxidation sites excluding steroid dienone is 1. The summed E-state index contributed by atoms with van der Waals surface area (Å²) >= 11 is 0. The lowest BCUT2D eigenvalue weighted by molar-refractivity contribution is 0.0778. The number of carbonyl (C=O) groups is 1. The molecule has 1 amide bonds. The summed E-state index contributed by atoms with van der Waals surface area (Å²) in [6.45, 7) is 7.19. The van der Waals surface area contributed by atoms with E-state index in [1.54, 1.807) is 11.9 Å². The van der Waals surface area contributed by atoms with Crippen molar-refractivity contribution in [1.29, 1.82) is 0 Å². The van der Waals surface area contributed by atoms with E-state index in [1.165, 1.54) is 6.42 Å². The van der Waals surface area contributed by atoms with Gasteiger partial charge in [-0.2, -0.15) is 0 Å². The zero-order chi connectivity index (χ0) is 12.9. The van der Waals surface area contributed by atoms with Gasteiger partial charge < -0.3 is 9.64 Å². The van der Waals surface area contributed by atoms with Gasteiger partial charge in [0.2, 0.25) is 0 Å². The van der Waals surface area contributed by atoms with Gasteiger partial charge in [-0.1, -0.05) is 19.9 Å². The minimum Gasteiger partial charge on any atom is -0.442 e. The number of nitrogens with zero attached hydrogens (tertiary/aromatic N) is 1. The van der Waals surface area contributed by atoms with Crippen LogP contribution in [0.2, 0.25) is 0 Å². The summed E-state index contributed by atoms with van der Waals surface area (Å²) in [5, 5.41) is 0. The molecule has 1 rings (SSSR count). The normalized spacial score (nSPS) is 25.5. The third-order valence-electron chi connectivity index (χ3n) is 3.48. The Kier molecular flexibility index (Phi) is 5.03. The first-order valence-electron chi connectivity index (χ1n) is 6.53. The van der Waals surface area contributed by atoms with Gasteiger partial charge in [0.25, 0.3) is 0 Å². The zero-order valence-corrected chi connectivity index (χ0v) is 11.5. The van der Waals surface area contributed by atoms with Crippen molar-refractivity contribution >= 4 is 6.09 Å². The van der Waals surface area contributed by atoms with Gasteiger partial charge in [0.1, 0.15) is 6.10 Å². The van der Waals surface area contributed by atoms with Crippen LogP contribution in [0.15, 0.2) is 12.2 Å². The van der Waals surface area contributed by atoms with Crippen LogP contribution >= 0.6 is 0 Å². The summed E-state index contributed by atoms with van der Waals surface area (Å²) in [6.07, 6.45) is 8.21. The van der Waals surface area contributed by atoms with Crippen LogP contribution in [-0.2, 0) is 4.74 Å². The first-order chi connectivity index (χ1) is 7.94. The van der Waals surface area contributed by atoms with Gasteiger partial charge in [-0.05, 0) is 44.1 Å². The van der Waals surface area contributed by atoms with Gasteiger partial charge in [-0.3, -0.25) is 0 Å². The molecule has 0 spiro atoms. The van der Waals surface area contributed by atoms with Crippen molar-refractivity contribution < 1.29 is 9.53 Å². The van der Waals surface area contributed by atoms with Crippen LogP contribution < -0.4 is 0 Å². The summed E-state index contributed by atoms with van der Waals surface area (Å²) < 4.78 is 5.47. The molecule has 0 radical (unpaired) electrons. The quantitative estimate of drug-likeness (QED) is 0.689. The van der Waals surface area contributed by atoms with Crippen molar-refractivity contribution in [3.05, 3.63) is 12.2 Å². The van der Waals surface area contributed by atoms with E-state index < -0.39 is 0 Å². The predicted molar refractivity (Wildman–Crippen MR) is 70.0 cm³/mol. The fourth-order valence-corrected chi connectivity index (χ4v) is 1.92. The molecule has 0 fully saturated rings. The number of amides is 1. The highest BCUT2D eigenvalue weighted by Gasteiger charge is 2.22. The monoisotopic (exact) mass is 239 g/mol. The maximum Gasteiger partial charge on any atom is 0.410 e. The lowest BCUT2D eigenvalue weighted by Crippen LogP contribution is -2.31. The molecule has 1 aliphatic carbocycles. The van der Waals surface area contributed by atoms with E-state index in [0.29, 0.717) is 12.0 Å². The van der Waals surface area contributed by atoms with Crippen molar-refractivity contribution in [3.63, 3.8) is 0 Å². The molecule has 1 atom stereocenters. The van der Waals surface area contributed by atoms with Crippen LogP contribution in [-0.4, -0.2) is 30.7 Å². The van der Waals surface area contributed by atoms with E-state index in [9.17, 15) is 4.79 Å². The molecule has 3 nitrogen and oxygen atoms in total. The second-order valence-corrected chi connectivity index (χ2v) is 5.61. The molecule has 0 heterocycles. The van der Waals surface area contributed by atoms with E-state index in [4.69, 9.17) is 4.74 Å². The van der Waals surface area contributed by atoms with Crippen LogP contribution in [0, 0.1) is 5.41 Å². The largest absolute Gasteiger partial charge is 0.442 e. The van der Waals surface area contributed by atoms with Crippen LogP contribution in [0.5, 0.6) is 0 Å². The molecule has 0 N–H and O–H groups in total. The minimum absolute atomic E-state index is 0.0592. The van der Waals surface area contributed by atoms with Gasteiger partial charge in [-0.15, -0.1) is 0 Å². The maximum atomic E-state index is 11.7. The topological polar surface area (TPSA) is 29.5 Å². The fourth-order valence-electron chi connectivity index (χ4n) is 1.92. The smallest absolute Gasteiger partial charge is 0.410 e. The SMILES string of the molecule is CCN(C)C(=O)O[C@@H]1/C=C/CCC(C)(C)CC1. The Labute approximate surface area is 105 Å². The molecular formula is C14H25NO2. The molecule has 0 aromatic heterocycles. The van der Waals surface area contributed by atoms with Crippen LogP contribution in [0.4, 0.5) is 4.79 Å². The Hall–Kier alpha value is -0.990. The Balaban J connectivity index is 2.53. The lowest BCUT2D eigenvalue weighted by Gasteiger charge is -2.28. The molecule has 0 aliphatic heterocycles. The first-order valence-corrected chi connectivity index (χ1v) is 6.53. The van der Waals surface area contributed by atoms with Crippen LogP contribution in [0.3, 0.4) is 0 Å². The second-order valence-electron chi connectivity index (χ2n) is 5.61. The Morgan fingerprint density at radius 3 is 2.82 bits per heavy atom. The van der Waals surface area contributed by atoms with Crippen molar-refractivity contribution in [3.8, 4) is 0 Å². The van der Waals surface area contributed by atoms with Crippen molar-refractivity contribution in [2.24, 2.45) is 5.41 Å². The number of ether oxygens (including phenoxy) is 1. The average molecular weight is 239 g/mol. The third kappa shape index (κ3) is 4.80. The number of hydrogen-bond acceptors (Lipinski definition) is 2. The summed E-state index contributed by atoms with van der Waals surface area (Å²) in [6, 6.07) is 0. The predicted octanol–water partition coefficient (Wildman–Crippen LogP) is 3.60. The average Bonchev–Trinajstić information content (AvgIpc) is 2.28. The van der Waals surface area contributed by atoms with Gasteiger partial charge in [-0.25, -0.2) is 4.79 Å². The Morgan fingerprint density at radius 1 is 1.47 bits per heavy atom. The van der Waals surface area contributed by atoms with E-state index in [1.807, 2.05) is 13.0 Å². The van der Waals surface area contributed by atoms with Gasteiger partial charge >= 0.3 is 6.09 Å². The molecule has 17 heavy (non-hydrogen) atoms. The zero-order valence-electron chi connectivity index (χ0n) is 11.5. The Bertz CT molecular complexity index is 284. The molecule has 1 aliphatic rings. The highest BCUT2D eigenvalue weighted by Crippen LogP contribution is 2.31. The summed E-state index contributed by atoms with van der Waals surface area (Å²) in [4.78, 5) is 13.3. The minimum atomic E-state index is -0.222. The summed E-state index contributed by atoms with van der Waals surface area (Å²) in [5.74, 6) is 0. The van der Waals surface area contributed by atoms with E-state index in [-0.39, 0.29) is 12.2 Å². The van der Waals surface area contributed by atoms with Gasteiger partial charge in [0.15, 0.2) is 0 Å². The van der Waals surface area contributed by atoms with E-state index >= 15 is 0 Å². The first kappa shape index (κ1) is 14.1. The molecule has 0 unspecified atom stereocenters. The molecule has 0 aromatic rings. The maximum absolute atomic E-state index is 11.7. The molecular weight excluding hydrogens is 214 g/mol. The fraction of sp³-hybridized carbons (Fsp3) is 0.786. The number of carbonyl (C=O) groups excluding carboxylic acids is 1. The summed E-state index contributed by atoms with van der Waals surface area (Å²) in [7, 11) is 1.76. The highest BCUT2D eigenvalue weighted by molar-refractivity contribution is 5.67. The van der Waals surface area contributed by atoms with Gasteiger partial charge in [0.05, 0.1) is 0 Å². The van der Waals surface area contributed by atoms with Crippen molar-refractivity contribution in [2.75, 3.05) is 13.6 Å².